The number of aromatic nitrogens is 3. The van der Waals surface area contributed by atoms with Crippen molar-refractivity contribution in [3.63, 3.8) is 0 Å². The number of nitrogen functional groups attached to an aromatic ring is 1. The molecule has 0 aliphatic carbocycles. The standard InChI is InChI=1S/C13H12N4O/c14-12-11-10(8-3-1-2-4-9(8)15-12)16-13(17-11)7-5-18-6-7/h1-4,7H,5-6H2,(H2,14,15)(H,16,17). The zero-order chi connectivity index (χ0) is 12.1. The highest BCUT2D eigenvalue weighted by Gasteiger charge is 2.24. The Labute approximate surface area is 103 Å². The summed E-state index contributed by atoms with van der Waals surface area (Å²) in [6, 6.07) is 7.91. The van der Waals surface area contributed by atoms with Crippen LogP contribution in [0.2, 0.25) is 0 Å². The van der Waals surface area contributed by atoms with Crippen LogP contribution in [0.5, 0.6) is 0 Å². The zero-order valence-electron chi connectivity index (χ0n) is 9.68. The van der Waals surface area contributed by atoms with Gasteiger partial charge in [0, 0.05) is 5.39 Å². The van der Waals surface area contributed by atoms with Crippen LogP contribution in [0, 0.1) is 0 Å². The van der Waals surface area contributed by atoms with Gasteiger partial charge in [0.2, 0.25) is 0 Å². The van der Waals surface area contributed by atoms with Crippen molar-refractivity contribution in [3.05, 3.63) is 30.1 Å². The van der Waals surface area contributed by atoms with E-state index in [-0.39, 0.29) is 0 Å². The van der Waals surface area contributed by atoms with E-state index in [2.05, 4.69) is 15.0 Å². The van der Waals surface area contributed by atoms with Crippen molar-refractivity contribution >= 4 is 27.8 Å². The Bertz CT molecular complexity index is 745. The molecule has 1 aliphatic rings. The third kappa shape index (κ3) is 1.25. The molecular weight excluding hydrogens is 228 g/mol. The molecule has 3 aromatic rings. The predicted octanol–water partition coefficient (Wildman–Crippen LogP) is 1.81. The van der Waals surface area contributed by atoms with Gasteiger partial charge >= 0.3 is 0 Å². The molecule has 5 heteroatoms. The van der Waals surface area contributed by atoms with Gasteiger partial charge in [-0.25, -0.2) is 9.97 Å². The molecule has 0 saturated carbocycles. The van der Waals surface area contributed by atoms with Crippen LogP contribution >= 0.6 is 0 Å². The highest BCUT2D eigenvalue weighted by molar-refractivity contribution is 6.06. The monoisotopic (exact) mass is 240 g/mol. The Morgan fingerprint density at radius 2 is 2.06 bits per heavy atom. The summed E-state index contributed by atoms with van der Waals surface area (Å²) >= 11 is 0. The van der Waals surface area contributed by atoms with Crippen LogP contribution in [0.3, 0.4) is 0 Å². The maximum absolute atomic E-state index is 5.98. The molecular formula is C13H12N4O. The molecule has 18 heavy (non-hydrogen) atoms. The van der Waals surface area contributed by atoms with Crippen molar-refractivity contribution in [2.75, 3.05) is 18.9 Å². The second-order valence-electron chi connectivity index (χ2n) is 4.59. The summed E-state index contributed by atoms with van der Waals surface area (Å²) < 4.78 is 5.20. The fourth-order valence-electron chi connectivity index (χ4n) is 2.32. The first-order valence-corrected chi connectivity index (χ1v) is 5.94. The largest absolute Gasteiger partial charge is 0.382 e. The van der Waals surface area contributed by atoms with Gasteiger partial charge in [-0.05, 0) is 6.07 Å². The molecule has 0 bridgehead atoms. The zero-order valence-corrected chi connectivity index (χ0v) is 9.68. The number of nitrogens with one attached hydrogen (secondary N) is 1. The smallest absolute Gasteiger partial charge is 0.150 e. The van der Waals surface area contributed by atoms with Crippen LogP contribution < -0.4 is 5.73 Å². The minimum atomic E-state index is 0.357. The van der Waals surface area contributed by atoms with Gasteiger partial charge in [-0.2, -0.15) is 0 Å². The average molecular weight is 240 g/mol. The summed E-state index contributed by atoms with van der Waals surface area (Å²) in [5, 5.41) is 1.03. The van der Waals surface area contributed by atoms with Crippen molar-refractivity contribution in [1.29, 1.82) is 0 Å². The van der Waals surface area contributed by atoms with E-state index in [1.165, 1.54) is 0 Å². The van der Waals surface area contributed by atoms with E-state index in [1.807, 2.05) is 24.3 Å². The lowest BCUT2D eigenvalue weighted by atomic mass is 10.1. The Morgan fingerprint density at radius 3 is 2.83 bits per heavy atom. The lowest BCUT2D eigenvalue weighted by Gasteiger charge is -2.23. The molecule has 0 unspecified atom stereocenters. The highest BCUT2D eigenvalue weighted by Crippen LogP contribution is 2.29. The van der Waals surface area contributed by atoms with Gasteiger partial charge < -0.3 is 15.5 Å². The third-order valence-electron chi connectivity index (χ3n) is 3.40. The van der Waals surface area contributed by atoms with Gasteiger partial charge in [-0.1, -0.05) is 18.2 Å². The van der Waals surface area contributed by atoms with Gasteiger partial charge in [0.05, 0.1) is 24.6 Å². The van der Waals surface area contributed by atoms with Crippen LogP contribution in [0.25, 0.3) is 21.9 Å². The van der Waals surface area contributed by atoms with E-state index in [0.717, 1.165) is 41.0 Å². The Kier molecular flexibility index (Phi) is 1.87. The topological polar surface area (TPSA) is 76.8 Å². The Morgan fingerprint density at radius 1 is 1.22 bits per heavy atom. The molecule has 0 spiro atoms. The first-order valence-electron chi connectivity index (χ1n) is 5.94. The molecule has 1 fully saturated rings. The van der Waals surface area contributed by atoms with Gasteiger partial charge in [-0.3, -0.25) is 0 Å². The normalized spacial score (nSPS) is 16.2. The number of anilines is 1. The number of rotatable bonds is 1. The summed E-state index contributed by atoms with van der Waals surface area (Å²) in [7, 11) is 0. The number of hydrogen-bond donors (Lipinski definition) is 2. The van der Waals surface area contributed by atoms with Crippen molar-refractivity contribution in [2.24, 2.45) is 0 Å². The van der Waals surface area contributed by atoms with Crippen LogP contribution in [0.1, 0.15) is 11.7 Å². The Hall–Kier alpha value is -2.14. The molecule has 2 aromatic heterocycles. The van der Waals surface area contributed by atoms with E-state index in [4.69, 9.17) is 10.5 Å². The Balaban J connectivity index is 2.06. The number of fused-ring (bicyclic) bond motifs is 3. The lowest BCUT2D eigenvalue weighted by Crippen LogP contribution is -2.26. The number of aromatic amines is 1. The van der Waals surface area contributed by atoms with Gasteiger partial charge in [0.1, 0.15) is 22.7 Å². The average Bonchev–Trinajstić information content (AvgIpc) is 2.72. The van der Waals surface area contributed by atoms with Crippen LogP contribution in [0.4, 0.5) is 5.82 Å². The molecule has 0 atom stereocenters. The molecule has 0 radical (unpaired) electrons. The van der Waals surface area contributed by atoms with E-state index < -0.39 is 0 Å². The molecule has 90 valence electrons. The molecule has 1 aromatic carbocycles. The SMILES string of the molecule is Nc1nc2ccccc2c2nc(C3COC3)[nH]c12. The van der Waals surface area contributed by atoms with Crippen molar-refractivity contribution < 1.29 is 4.74 Å². The van der Waals surface area contributed by atoms with E-state index in [9.17, 15) is 0 Å². The first-order chi connectivity index (χ1) is 8.83. The number of imidazole rings is 1. The fourth-order valence-corrected chi connectivity index (χ4v) is 2.32. The minimum Gasteiger partial charge on any atom is -0.382 e. The van der Waals surface area contributed by atoms with Crippen molar-refractivity contribution in [3.8, 4) is 0 Å². The summed E-state index contributed by atoms with van der Waals surface area (Å²) in [6.07, 6.45) is 0. The molecule has 4 rings (SSSR count). The van der Waals surface area contributed by atoms with E-state index in [1.54, 1.807) is 0 Å². The van der Waals surface area contributed by atoms with E-state index in [0.29, 0.717) is 11.7 Å². The summed E-state index contributed by atoms with van der Waals surface area (Å²) in [6.45, 7) is 1.45. The molecule has 3 N–H and O–H groups in total. The van der Waals surface area contributed by atoms with Gasteiger partial charge in [-0.15, -0.1) is 0 Å². The third-order valence-corrected chi connectivity index (χ3v) is 3.40. The maximum atomic E-state index is 5.98. The van der Waals surface area contributed by atoms with Crippen molar-refractivity contribution in [2.45, 2.75) is 5.92 Å². The number of para-hydroxylation sites is 1. The number of nitrogens with two attached hydrogens (primary N) is 1. The minimum absolute atomic E-state index is 0.357. The number of benzene rings is 1. The predicted molar refractivity (Wildman–Crippen MR) is 69.4 cm³/mol. The van der Waals surface area contributed by atoms with Crippen LogP contribution in [0.15, 0.2) is 24.3 Å². The summed E-state index contributed by atoms with van der Waals surface area (Å²) in [5.74, 6) is 1.80. The van der Waals surface area contributed by atoms with Crippen molar-refractivity contribution in [1.82, 2.24) is 15.0 Å². The highest BCUT2D eigenvalue weighted by atomic mass is 16.5. The number of ether oxygens (including phenoxy) is 1. The van der Waals surface area contributed by atoms with E-state index >= 15 is 0 Å². The number of pyridine rings is 1. The second kappa shape index (κ2) is 3.43. The number of nitrogens with zero attached hydrogens (tertiary/aromatic N) is 2. The molecule has 5 nitrogen and oxygen atoms in total. The fraction of sp³-hybridized carbons (Fsp3) is 0.231. The quantitative estimate of drug-likeness (QED) is 0.680. The number of hydrogen-bond acceptors (Lipinski definition) is 4. The lowest BCUT2D eigenvalue weighted by molar-refractivity contribution is 0.00531. The summed E-state index contributed by atoms with van der Waals surface area (Å²) in [4.78, 5) is 12.3. The summed E-state index contributed by atoms with van der Waals surface area (Å²) in [5.41, 5.74) is 8.59. The van der Waals surface area contributed by atoms with Gasteiger partial charge in [0.25, 0.3) is 0 Å². The van der Waals surface area contributed by atoms with Crippen LogP contribution in [-0.2, 0) is 4.74 Å². The maximum Gasteiger partial charge on any atom is 0.150 e. The molecule has 1 aliphatic heterocycles. The number of H-pyrrole nitrogens is 1. The first kappa shape index (κ1) is 9.85. The van der Waals surface area contributed by atoms with Gasteiger partial charge in [0.15, 0.2) is 0 Å². The molecule has 3 heterocycles. The van der Waals surface area contributed by atoms with Crippen LogP contribution in [-0.4, -0.2) is 28.2 Å². The second-order valence-corrected chi connectivity index (χ2v) is 4.59. The molecule has 1 saturated heterocycles. The molecule has 0 amide bonds.